The average molecular weight is 253 g/mol. The van der Waals surface area contributed by atoms with Crippen LogP contribution in [-0.4, -0.2) is 30.3 Å². The molecule has 0 spiro atoms. The fraction of sp³-hybridized carbons (Fsp3) is 0.846. The first-order valence-electron chi connectivity index (χ1n) is 6.73. The van der Waals surface area contributed by atoms with E-state index in [1.165, 1.54) is 6.42 Å². The van der Waals surface area contributed by atoms with E-state index in [1.807, 2.05) is 7.05 Å². The van der Waals surface area contributed by atoms with Gasteiger partial charge in [-0.2, -0.15) is 4.98 Å². The van der Waals surface area contributed by atoms with E-state index in [0.717, 1.165) is 25.2 Å². The van der Waals surface area contributed by atoms with Crippen molar-refractivity contribution in [3.05, 3.63) is 11.7 Å². The van der Waals surface area contributed by atoms with Gasteiger partial charge in [0.05, 0.1) is 5.92 Å². The topological polar surface area (TPSA) is 60.2 Å². The van der Waals surface area contributed by atoms with Crippen LogP contribution in [0.4, 0.5) is 0 Å². The predicted molar refractivity (Wildman–Crippen MR) is 68.4 cm³/mol. The molecule has 102 valence electrons. The van der Waals surface area contributed by atoms with Crippen LogP contribution in [-0.2, 0) is 10.3 Å². The summed E-state index contributed by atoms with van der Waals surface area (Å²) in [5.74, 6) is 1.69. The molecule has 2 unspecified atom stereocenters. The Labute approximate surface area is 108 Å². The van der Waals surface area contributed by atoms with E-state index >= 15 is 0 Å². The van der Waals surface area contributed by atoms with Crippen molar-refractivity contribution in [2.45, 2.75) is 57.1 Å². The van der Waals surface area contributed by atoms with E-state index in [1.54, 1.807) is 7.11 Å². The molecule has 1 aromatic rings. The summed E-state index contributed by atoms with van der Waals surface area (Å²) < 4.78 is 11.0. The fourth-order valence-corrected chi connectivity index (χ4v) is 2.53. The highest BCUT2D eigenvalue weighted by atomic mass is 16.5. The third-order valence-electron chi connectivity index (χ3n) is 4.22. The SMILES string of the molecule is CCC(c1nc(C2(OC)CCC2)no1)C(C)NC. The van der Waals surface area contributed by atoms with Crippen molar-refractivity contribution in [3.63, 3.8) is 0 Å². The molecule has 1 aliphatic carbocycles. The van der Waals surface area contributed by atoms with Gasteiger partial charge in [-0.25, -0.2) is 0 Å². The third-order valence-corrected chi connectivity index (χ3v) is 4.22. The second kappa shape index (κ2) is 5.36. The van der Waals surface area contributed by atoms with Crippen LogP contribution in [0.3, 0.4) is 0 Å². The standard InChI is InChI=1S/C13H23N3O2/c1-5-10(9(2)14-3)11-15-12(16-18-11)13(17-4)7-6-8-13/h9-10,14H,5-8H2,1-4H3. The largest absolute Gasteiger partial charge is 0.370 e. The Kier molecular flexibility index (Phi) is 4.02. The molecule has 1 N–H and O–H groups in total. The normalized spacial score (nSPS) is 21.3. The van der Waals surface area contributed by atoms with Crippen molar-refractivity contribution in [2.24, 2.45) is 0 Å². The molecule has 0 amide bonds. The van der Waals surface area contributed by atoms with Crippen LogP contribution in [0, 0.1) is 0 Å². The Morgan fingerprint density at radius 1 is 1.50 bits per heavy atom. The van der Waals surface area contributed by atoms with Crippen molar-refractivity contribution in [2.75, 3.05) is 14.2 Å². The first kappa shape index (κ1) is 13.5. The number of rotatable bonds is 6. The van der Waals surface area contributed by atoms with Gasteiger partial charge in [-0.05, 0) is 39.7 Å². The van der Waals surface area contributed by atoms with E-state index in [2.05, 4.69) is 29.3 Å². The van der Waals surface area contributed by atoms with Gasteiger partial charge in [0.15, 0.2) is 0 Å². The number of likely N-dealkylation sites (N-methyl/N-ethyl adjacent to an activating group) is 1. The Bertz CT molecular complexity index is 382. The molecule has 1 aromatic heterocycles. The van der Waals surface area contributed by atoms with Crippen LogP contribution in [0.25, 0.3) is 0 Å². The smallest absolute Gasteiger partial charge is 0.231 e. The summed E-state index contributed by atoms with van der Waals surface area (Å²) in [4.78, 5) is 4.57. The minimum Gasteiger partial charge on any atom is -0.370 e. The van der Waals surface area contributed by atoms with Crippen molar-refractivity contribution in [3.8, 4) is 0 Å². The minimum absolute atomic E-state index is 0.255. The number of hydrogen-bond acceptors (Lipinski definition) is 5. The van der Waals surface area contributed by atoms with Gasteiger partial charge >= 0.3 is 0 Å². The number of nitrogens with one attached hydrogen (secondary N) is 1. The summed E-state index contributed by atoms with van der Waals surface area (Å²) >= 11 is 0. The summed E-state index contributed by atoms with van der Waals surface area (Å²) in [6, 6.07) is 0.322. The highest BCUT2D eigenvalue weighted by Gasteiger charge is 2.43. The monoisotopic (exact) mass is 253 g/mol. The summed E-state index contributed by atoms with van der Waals surface area (Å²) in [5.41, 5.74) is -0.289. The highest BCUT2D eigenvalue weighted by Crippen LogP contribution is 2.43. The maximum absolute atomic E-state index is 5.57. The summed E-state index contributed by atoms with van der Waals surface area (Å²) in [6.45, 7) is 4.27. The Morgan fingerprint density at radius 3 is 2.67 bits per heavy atom. The lowest BCUT2D eigenvalue weighted by Gasteiger charge is -2.37. The average Bonchev–Trinajstić information content (AvgIpc) is 2.79. The van der Waals surface area contributed by atoms with Crippen molar-refractivity contribution in [1.82, 2.24) is 15.5 Å². The quantitative estimate of drug-likeness (QED) is 0.842. The van der Waals surface area contributed by atoms with Gasteiger partial charge in [0.1, 0.15) is 5.60 Å². The molecule has 1 heterocycles. The van der Waals surface area contributed by atoms with Crippen LogP contribution in [0.1, 0.15) is 57.2 Å². The van der Waals surface area contributed by atoms with Crippen molar-refractivity contribution in [1.29, 1.82) is 0 Å². The van der Waals surface area contributed by atoms with Gasteiger partial charge in [0.2, 0.25) is 11.7 Å². The van der Waals surface area contributed by atoms with E-state index in [9.17, 15) is 0 Å². The second-order valence-corrected chi connectivity index (χ2v) is 5.10. The number of ether oxygens (including phenoxy) is 1. The maximum Gasteiger partial charge on any atom is 0.231 e. The first-order chi connectivity index (χ1) is 8.66. The van der Waals surface area contributed by atoms with Crippen molar-refractivity contribution < 1.29 is 9.26 Å². The third kappa shape index (κ3) is 2.17. The zero-order valence-electron chi connectivity index (χ0n) is 11.7. The van der Waals surface area contributed by atoms with E-state index < -0.39 is 0 Å². The number of hydrogen-bond donors (Lipinski definition) is 1. The molecule has 0 saturated heterocycles. The zero-order chi connectivity index (χ0) is 13.2. The van der Waals surface area contributed by atoms with Gasteiger partial charge < -0.3 is 14.6 Å². The lowest BCUT2D eigenvalue weighted by atomic mass is 9.79. The van der Waals surface area contributed by atoms with Gasteiger partial charge in [-0.1, -0.05) is 12.1 Å². The lowest BCUT2D eigenvalue weighted by Crippen LogP contribution is -2.37. The van der Waals surface area contributed by atoms with E-state index in [-0.39, 0.29) is 11.5 Å². The lowest BCUT2D eigenvalue weighted by molar-refractivity contribution is -0.0858. The van der Waals surface area contributed by atoms with Gasteiger partial charge in [-0.3, -0.25) is 0 Å². The van der Waals surface area contributed by atoms with Crippen LogP contribution in [0.2, 0.25) is 0 Å². The highest BCUT2D eigenvalue weighted by molar-refractivity contribution is 5.08. The summed E-state index contributed by atoms with van der Waals surface area (Å²) in [5, 5.41) is 7.37. The molecular formula is C13H23N3O2. The van der Waals surface area contributed by atoms with Crippen LogP contribution in [0.5, 0.6) is 0 Å². The molecule has 5 nitrogen and oxygen atoms in total. The summed E-state index contributed by atoms with van der Waals surface area (Å²) in [6.07, 6.45) is 4.12. The summed E-state index contributed by atoms with van der Waals surface area (Å²) in [7, 11) is 3.68. The number of aromatic nitrogens is 2. The second-order valence-electron chi connectivity index (χ2n) is 5.10. The van der Waals surface area contributed by atoms with Gasteiger partial charge in [-0.15, -0.1) is 0 Å². The van der Waals surface area contributed by atoms with E-state index in [4.69, 9.17) is 9.26 Å². The molecule has 0 aromatic carbocycles. The molecule has 5 heteroatoms. The molecule has 2 rings (SSSR count). The molecule has 0 bridgehead atoms. The van der Waals surface area contributed by atoms with Crippen LogP contribution < -0.4 is 5.32 Å². The van der Waals surface area contributed by atoms with Crippen LogP contribution in [0.15, 0.2) is 4.52 Å². The zero-order valence-corrected chi connectivity index (χ0v) is 11.7. The Morgan fingerprint density at radius 2 is 2.22 bits per heavy atom. The van der Waals surface area contributed by atoms with Gasteiger partial charge in [0, 0.05) is 13.2 Å². The first-order valence-corrected chi connectivity index (χ1v) is 6.73. The fourth-order valence-electron chi connectivity index (χ4n) is 2.53. The molecule has 1 aliphatic rings. The molecule has 0 radical (unpaired) electrons. The molecule has 1 saturated carbocycles. The molecule has 18 heavy (non-hydrogen) atoms. The predicted octanol–water partition coefficient (Wildman–Crippen LogP) is 2.20. The number of nitrogens with zero attached hydrogens (tertiary/aromatic N) is 2. The Balaban J connectivity index is 2.19. The molecule has 0 aliphatic heterocycles. The molecular weight excluding hydrogens is 230 g/mol. The van der Waals surface area contributed by atoms with E-state index in [0.29, 0.717) is 11.9 Å². The Hall–Kier alpha value is -0.940. The molecule has 1 fully saturated rings. The molecule has 2 atom stereocenters. The number of methoxy groups -OCH3 is 1. The van der Waals surface area contributed by atoms with Crippen LogP contribution >= 0.6 is 0 Å². The maximum atomic E-state index is 5.57. The van der Waals surface area contributed by atoms with Crippen molar-refractivity contribution >= 4 is 0 Å². The van der Waals surface area contributed by atoms with Gasteiger partial charge in [0.25, 0.3) is 0 Å². The minimum atomic E-state index is -0.289.